The third-order valence-corrected chi connectivity index (χ3v) is 3.84. The van der Waals surface area contributed by atoms with E-state index in [1.165, 1.54) is 12.1 Å². The lowest BCUT2D eigenvalue weighted by Crippen LogP contribution is -2.24. The van der Waals surface area contributed by atoms with Crippen LogP contribution in [0.5, 0.6) is 5.75 Å². The predicted octanol–water partition coefficient (Wildman–Crippen LogP) is 4.03. The maximum atomic E-state index is 12.7. The number of aryl methyl sites for hydroxylation is 1. The maximum absolute atomic E-state index is 12.7. The molecule has 0 amide bonds. The summed E-state index contributed by atoms with van der Waals surface area (Å²) in [5.74, 6) is -0.145. The molecule has 0 saturated carbocycles. The topological polar surface area (TPSA) is 85.2 Å². The SMILES string of the molecule is Cc1ccc(O[C@H](C)C(=O)c2c[nH]c3ccccc23)c([N+](=O)[O-])c1. The van der Waals surface area contributed by atoms with E-state index in [9.17, 15) is 14.9 Å². The average molecular weight is 324 g/mol. The first-order valence-electron chi connectivity index (χ1n) is 7.49. The van der Waals surface area contributed by atoms with Crippen molar-refractivity contribution in [2.24, 2.45) is 0 Å². The number of fused-ring (bicyclic) bond motifs is 1. The lowest BCUT2D eigenvalue weighted by molar-refractivity contribution is -0.386. The van der Waals surface area contributed by atoms with Crippen LogP contribution < -0.4 is 4.74 Å². The first-order chi connectivity index (χ1) is 11.5. The zero-order valence-electron chi connectivity index (χ0n) is 13.3. The number of ketones is 1. The van der Waals surface area contributed by atoms with Crippen LogP contribution in [0.3, 0.4) is 0 Å². The van der Waals surface area contributed by atoms with Gasteiger partial charge in [0.1, 0.15) is 0 Å². The third-order valence-electron chi connectivity index (χ3n) is 3.84. The van der Waals surface area contributed by atoms with E-state index in [0.29, 0.717) is 5.56 Å². The van der Waals surface area contributed by atoms with E-state index in [1.807, 2.05) is 24.3 Å². The van der Waals surface area contributed by atoms with Crippen LogP contribution in [0.4, 0.5) is 5.69 Å². The number of benzene rings is 2. The van der Waals surface area contributed by atoms with Crippen molar-refractivity contribution in [1.82, 2.24) is 4.98 Å². The molecule has 1 heterocycles. The molecule has 1 N–H and O–H groups in total. The molecule has 0 aliphatic rings. The van der Waals surface area contributed by atoms with Crippen LogP contribution in [0.2, 0.25) is 0 Å². The molecule has 0 saturated heterocycles. The molecule has 0 bridgehead atoms. The summed E-state index contributed by atoms with van der Waals surface area (Å²) in [6, 6.07) is 12.1. The van der Waals surface area contributed by atoms with Gasteiger partial charge in [0.05, 0.1) is 4.92 Å². The number of nitrogens with one attached hydrogen (secondary N) is 1. The molecule has 3 rings (SSSR count). The Hall–Kier alpha value is -3.15. The van der Waals surface area contributed by atoms with E-state index in [2.05, 4.69) is 4.98 Å². The van der Waals surface area contributed by atoms with E-state index < -0.39 is 11.0 Å². The van der Waals surface area contributed by atoms with Crippen molar-refractivity contribution in [2.75, 3.05) is 0 Å². The second-order valence-corrected chi connectivity index (χ2v) is 5.60. The fourth-order valence-corrected chi connectivity index (χ4v) is 2.61. The molecule has 2 aromatic carbocycles. The Morgan fingerprint density at radius 3 is 2.75 bits per heavy atom. The minimum absolute atomic E-state index is 0.0892. The van der Waals surface area contributed by atoms with E-state index in [1.54, 1.807) is 26.1 Å². The number of Topliss-reactive ketones (excluding diaryl/α,β-unsaturated/α-hetero) is 1. The number of rotatable bonds is 5. The number of hydrogen-bond donors (Lipinski definition) is 1. The van der Waals surface area contributed by atoms with Crippen molar-refractivity contribution in [2.45, 2.75) is 20.0 Å². The number of aromatic nitrogens is 1. The highest BCUT2D eigenvalue weighted by molar-refractivity contribution is 6.09. The summed E-state index contributed by atoms with van der Waals surface area (Å²) < 4.78 is 5.59. The van der Waals surface area contributed by atoms with E-state index >= 15 is 0 Å². The molecular weight excluding hydrogens is 308 g/mol. The molecular formula is C18H16N2O4. The predicted molar refractivity (Wildman–Crippen MR) is 90.6 cm³/mol. The van der Waals surface area contributed by atoms with Crippen molar-refractivity contribution in [1.29, 1.82) is 0 Å². The van der Waals surface area contributed by atoms with Crippen LogP contribution in [-0.2, 0) is 0 Å². The number of aromatic amines is 1. The molecule has 122 valence electrons. The number of hydrogen-bond acceptors (Lipinski definition) is 4. The molecule has 0 aliphatic carbocycles. The van der Waals surface area contributed by atoms with Crippen LogP contribution in [0.1, 0.15) is 22.8 Å². The number of nitrogens with zero attached hydrogens (tertiary/aromatic N) is 1. The Bertz CT molecular complexity index is 930. The molecule has 3 aromatic rings. The standard InChI is InChI=1S/C18H16N2O4/c1-11-7-8-17(16(9-11)20(22)23)24-12(2)18(21)14-10-19-15-6-4-3-5-13(14)15/h3-10,12,19H,1-2H3/t12-/m1/s1. The smallest absolute Gasteiger partial charge is 0.311 e. The first kappa shape index (κ1) is 15.7. The molecule has 6 nitrogen and oxygen atoms in total. The Labute approximate surface area is 138 Å². The minimum atomic E-state index is -0.842. The number of H-pyrrole nitrogens is 1. The number of nitro groups is 1. The first-order valence-corrected chi connectivity index (χ1v) is 7.49. The van der Waals surface area contributed by atoms with Crippen molar-refractivity contribution < 1.29 is 14.5 Å². The maximum Gasteiger partial charge on any atom is 0.311 e. The Morgan fingerprint density at radius 2 is 2.00 bits per heavy atom. The number of ether oxygens (including phenoxy) is 1. The molecule has 24 heavy (non-hydrogen) atoms. The Morgan fingerprint density at radius 1 is 1.25 bits per heavy atom. The monoisotopic (exact) mass is 324 g/mol. The van der Waals surface area contributed by atoms with Gasteiger partial charge in [0, 0.05) is 28.7 Å². The van der Waals surface area contributed by atoms with Crippen molar-refractivity contribution in [3.63, 3.8) is 0 Å². The number of carbonyl (C=O) groups excluding carboxylic acids is 1. The van der Waals surface area contributed by atoms with Gasteiger partial charge < -0.3 is 9.72 Å². The normalized spacial score (nSPS) is 12.1. The quantitative estimate of drug-likeness (QED) is 0.436. The van der Waals surface area contributed by atoms with Crippen LogP contribution in [-0.4, -0.2) is 21.8 Å². The van der Waals surface area contributed by atoms with Crippen molar-refractivity contribution in [3.05, 3.63) is 69.9 Å². The molecule has 0 radical (unpaired) electrons. The molecule has 0 unspecified atom stereocenters. The average Bonchev–Trinajstić information content (AvgIpc) is 2.99. The van der Waals surface area contributed by atoms with Gasteiger partial charge in [-0.3, -0.25) is 14.9 Å². The molecule has 1 atom stereocenters. The summed E-state index contributed by atoms with van der Waals surface area (Å²) in [5, 5.41) is 12.0. The van der Waals surface area contributed by atoms with Gasteiger partial charge in [-0.2, -0.15) is 0 Å². The van der Waals surface area contributed by atoms with Gasteiger partial charge in [-0.25, -0.2) is 0 Å². The fraction of sp³-hybridized carbons (Fsp3) is 0.167. The van der Waals surface area contributed by atoms with Gasteiger partial charge in [0.25, 0.3) is 0 Å². The van der Waals surface area contributed by atoms with Crippen LogP contribution in [0, 0.1) is 17.0 Å². The van der Waals surface area contributed by atoms with E-state index in [0.717, 1.165) is 16.5 Å². The second kappa shape index (κ2) is 6.16. The molecule has 0 aliphatic heterocycles. The van der Waals surface area contributed by atoms with Crippen LogP contribution in [0.25, 0.3) is 10.9 Å². The van der Waals surface area contributed by atoms with E-state index in [4.69, 9.17) is 4.74 Å². The van der Waals surface area contributed by atoms with Gasteiger partial charge in [0.15, 0.2) is 11.9 Å². The number of para-hydroxylation sites is 1. The highest BCUT2D eigenvalue weighted by Gasteiger charge is 2.24. The Kier molecular flexibility index (Phi) is 4.04. The van der Waals surface area contributed by atoms with Crippen LogP contribution in [0.15, 0.2) is 48.7 Å². The molecule has 1 aromatic heterocycles. The molecule has 0 fully saturated rings. The highest BCUT2D eigenvalue weighted by atomic mass is 16.6. The Balaban J connectivity index is 1.89. The van der Waals surface area contributed by atoms with Gasteiger partial charge in [-0.05, 0) is 31.5 Å². The van der Waals surface area contributed by atoms with Crippen molar-refractivity contribution >= 4 is 22.4 Å². The third kappa shape index (κ3) is 2.86. The minimum Gasteiger partial charge on any atom is -0.475 e. The zero-order chi connectivity index (χ0) is 17.3. The van der Waals surface area contributed by atoms with Gasteiger partial charge >= 0.3 is 5.69 Å². The van der Waals surface area contributed by atoms with Crippen molar-refractivity contribution in [3.8, 4) is 5.75 Å². The lowest BCUT2D eigenvalue weighted by Gasteiger charge is -2.13. The summed E-state index contributed by atoms with van der Waals surface area (Å²) in [4.78, 5) is 26.4. The second-order valence-electron chi connectivity index (χ2n) is 5.60. The number of nitro benzene ring substituents is 1. The fourth-order valence-electron chi connectivity index (χ4n) is 2.61. The lowest BCUT2D eigenvalue weighted by atomic mass is 10.1. The summed E-state index contributed by atoms with van der Waals surface area (Å²) >= 11 is 0. The van der Waals surface area contributed by atoms with Gasteiger partial charge in [0.2, 0.25) is 5.78 Å². The van der Waals surface area contributed by atoms with Gasteiger partial charge in [-0.15, -0.1) is 0 Å². The summed E-state index contributed by atoms with van der Waals surface area (Å²) in [6.45, 7) is 3.35. The molecule has 0 spiro atoms. The summed E-state index contributed by atoms with van der Waals surface area (Å²) in [6.07, 6.45) is 0.793. The summed E-state index contributed by atoms with van der Waals surface area (Å²) in [7, 11) is 0. The number of carbonyl (C=O) groups is 1. The largest absolute Gasteiger partial charge is 0.475 e. The zero-order valence-corrected chi connectivity index (χ0v) is 13.3. The summed E-state index contributed by atoms with van der Waals surface area (Å²) in [5.41, 5.74) is 1.97. The van der Waals surface area contributed by atoms with Crippen LogP contribution >= 0.6 is 0 Å². The van der Waals surface area contributed by atoms with E-state index in [-0.39, 0.29) is 17.2 Å². The van der Waals surface area contributed by atoms with Gasteiger partial charge in [-0.1, -0.05) is 24.3 Å². The molecule has 6 heteroatoms. The highest BCUT2D eigenvalue weighted by Crippen LogP contribution is 2.29.